The van der Waals surface area contributed by atoms with E-state index in [0.29, 0.717) is 0 Å². The normalized spacial score (nSPS) is 13.8. The van der Waals surface area contributed by atoms with Gasteiger partial charge in [-0.15, -0.1) is 0 Å². The van der Waals surface area contributed by atoms with Gasteiger partial charge in [0.25, 0.3) is 0 Å². The second-order valence-corrected chi connectivity index (χ2v) is 3.74. The van der Waals surface area contributed by atoms with Crippen LogP contribution in [0.4, 0.5) is 4.79 Å². The van der Waals surface area contributed by atoms with Crippen LogP contribution in [0.3, 0.4) is 0 Å². The van der Waals surface area contributed by atoms with Gasteiger partial charge in [0.15, 0.2) is 0 Å². The highest BCUT2D eigenvalue weighted by Crippen LogP contribution is 2.01. The van der Waals surface area contributed by atoms with Crippen molar-refractivity contribution in [2.45, 2.75) is 25.7 Å². The molecule has 0 aliphatic carbocycles. The number of carbonyl (C=O) groups excluding carboxylic acids is 1. The van der Waals surface area contributed by atoms with Crippen LogP contribution in [0.1, 0.15) is 12.5 Å². The number of amides is 1. The third-order valence-electron chi connectivity index (χ3n) is 2.32. The topological polar surface area (TPSA) is 78.8 Å². The first-order valence-electron chi connectivity index (χ1n) is 5.39. The molecule has 1 aromatic carbocycles. The molecular formula is C12H17NO4. The van der Waals surface area contributed by atoms with Crippen LogP contribution in [-0.2, 0) is 11.3 Å². The Kier molecular flexibility index (Phi) is 5.45. The second kappa shape index (κ2) is 6.88. The van der Waals surface area contributed by atoms with Crippen molar-refractivity contribution in [1.82, 2.24) is 5.32 Å². The average molecular weight is 239 g/mol. The van der Waals surface area contributed by atoms with E-state index in [-0.39, 0.29) is 6.61 Å². The lowest BCUT2D eigenvalue weighted by atomic mass is 10.2. The minimum atomic E-state index is -0.987. The van der Waals surface area contributed by atoms with E-state index in [2.05, 4.69) is 5.32 Å². The molecule has 0 bridgehead atoms. The van der Waals surface area contributed by atoms with E-state index in [9.17, 15) is 9.90 Å². The molecule has 0 aliphatic heterocycles. The first-order chi connectivity index (χ1) is 8.13. The van der Waals surface area contributed by atoms with E-state index in [4.69, 9.17) is 9.84 Å². The summed E-state index contributed by atoms with van der Waals surface area (Å²) in [5.41, 5.74) is 0.887. The highest BCUT2D eigenvalue weighted by atomic mass is 16.5. The second-order valence-electron chi connectivity index (χ2n) is 3.74. The molecule has 0 spiro atoms. The Balaban J connectivity index is 2.31. The van der Waals surface area contributed by atoms with E-state index in [1.165, 1.54) is 0 Å². The van der Waals surface area contributed by atoms with Crippen LogP contribution < -0.4 is 5.32 Å². The maximum Gasteiger partial charge on any atom is 0.407 e. The highest BCUT2D eigenvalue weighted by Gasteiger charge is 2.15. The van der Waals surface area contributed by atoms with E-state index in [0.717, 1.165) is 5.56 Å². The molecule has 5 nitrogen and oxygen atoms in total. The molecule has 0 radical (unpaired) electrons. The molecule has 1 rings (SSSR count). The molecule has 94 valence electrons. The van der Waals surface area contributed by atoms with Crippen molar-refractivity contribution in [1.29, 1.82) is 0 Å². The SMILES string of the molecule is C[C@@H](NC(=O)OCc1ccccc1)[C@H](O)CO. The van der Waals surface area contributed by atoms with Gasteiger partial charge in [0.05, 0.1) is 18.8 Å². The number of alkyl carbamates (subject to hydrolysis) is 1. The zero-order chi connectivity index (χ0) is 12.7. The van der Waals surface area contributed by atoms with Gasteiger partial charge in [-0.05, 0) is 12.5 Å². The van der Waals surface area contributed by atoms with Crippen molar-refractivity contribution < 1.29 is 19.7 Å². The predicted octanol–water partition coefficient (Wildman–Crippen LogP) is 0.655. The number of aliphatic hydroxyl groups is 2. The summed E-state index contributed by atoms with van der Waals surface area (Å²) >= 11 is 0. The van der Waals surface area contributed by atoms with Crippen LogP contribution in [0.5, 0.6) is 0 Å². The molecule has 0 heterocycles. The smallest absolute Gasteiger partial charge is 0.407 e. The third kappa shape index (κ3) is 4.84. The van der Waals surface area contributed by atoms with E-state index in [1.807, 2.05) is 30.3 Å². The van der Waals surface area contributed by atoms with Crippen LogP contribution in [0.2, 0.25) is 0 Å². The first kappa shape index (κ1) is 13.5. The zero-order valence-electron chi connectivity index (χ0n) is 9.67. The van der Waals surface area contributed by atoms with Gasteiger partial charge in [0, 0.05) is 0 Å². The Bertz CT molecular complexity index is 342. The largest absolute Gasteiger partial charge is 0.445 e. The van der Waals surface area contributed by atoms with Crippen LogP contribution >= 0.6 is 0 Å². The van der Waals surface area contributed by atoms with Crippen molar-refractivity contribution in [3.8, 4) is 0 Å². The van der Waals surface area contributed by atoms with Gasteiger partial charge in [-0.3, -0.25) is 0 Å². The van der Waals surface area contributed by atoms with Crippen molar-refractivity contribution in [2.24, 2.45) is 0 Å². The molecule has 3 N–H and O–H groups in total. The molecule has 0 aliphatic rings. The van der Waals surface area contributed by atoms with Crippen molar-refractivity contribution in [3.63, 3.8) is 0 Å². The van der Waals surface area contributed by atoms with Gasteiger partial charge in [-0.1, -0.05) is 30.3 Å². The summed E-state index contributed by atoms with van der Waals surface area (Å²) in [6, 6.07) is 8.73. The number of ether oxygens (including phenoxy) is 1. The summed E-state index contributed by atoms with van der Waals surface area (Å²) < 4.78 is 4.95. The first-order valence-corrected chi connectivity index (χ1v) is 5.39. The van der Waals surface area contributed by atoms with Crippen LogP contribution in [0, 0.1) is 0 Å². The molecule has 17 heavy (non-hydrogen) atoms. The highest BCUT2D eigenvalue weighted by molar-refractivity contribution is 5.67. The molecule has 0 aromatic heterocycles. The fraction of sp³-hybridized carbons (Fsp3) is 0.417. The minimum Gasteiger partial charge on any atom is -0.445 e. The Morgan fingerprint density at radius 3 is 2.65 bits per heavy atom. The summed E-state index contributed by atoms with van der Waals surface area (Å²) in [6.45, 7) is 1.36. The molecule has 0 fully saturated rings. The molecule has 0 saturated carbocycles. The lowest BCUT2D eigenvalue weighted by molar-refractivity contribution is 0.0625. The monoisotopic (exact) mass is 239 g/mol. The number of carbonyl (C=O) groups is 1. The van der Waals surface area contributed by atoms with Crippen molar-refractivity contribution >= 4 is 6.09 Å². The van der Waals surface area contributed by atoms with E-state index >= 15 is 0 Å². The van der Waals surface area contributed by atoms with Gasteiger partial charge >= 0.3 is 6.09 Å². The molecule has 1 amide bonds. The van der Waals surface area contributed by atoms with Gasteiger partial charge in [-0.2, -0.15) is 0 Å². The Morgan fingerprint density at radius 1 is 1.41 bits per heavy atom. The Morgan fingerprint density at radius 2 is 2.06 bits per heavy atom. The number of nitrogens with one attached hydrogen (secondary N) is 1. The Labute approximate surface area is 100 Å². The van der Waals surface area contributed by atoms with Crippen LogP contribution in [0.25, 0.3) is 0 Å². The minimum absolute atomic E-state index is 0.175. The van der Waals surface area contributed by atoms with Gasteiger partial charge in [0.2, 0.25) is 0 Å². The van der Waals surface area contributed by atoms with Gasteiger partial charge in [-0.25, -0.2) is 4.79 Å². The number of hydrogen-bond donors (Lipinski definition) is 3. The van der Waals surface area contributed by atoms with Gasteiger partial charge < -0.3 is 20.3 Å². The molecule has 0 saturated heterocycles. The summed E-state index contributed by atoms with van der Waals surface area (Å²) in [7, 11) is 0. The third-order valence-corrected chi connectivity index (χ3v) is 2.32. The Hall–Kier alpha value is -1.59. The quantitative estimate of drug-likeness (QED) is 0.705. The molecule has 1 aromatic rings. The summed E-state index contributed by atoms with van der Waals surface area (Å²) in [5, 5.41) is 20.4. The fourth-order valence-electron chi connectivity index (χ4n) is 1.20. The summed E-state index contributed by atoms with van der Waals surface area (Å²) in [6.07, 6.45) is -1.60. The van der Waals surface area contributed by atoms with Crippen LogP contribution in [0.15, 0.2) is 30.3 Å². The van der Waals surface area contributed by atoms with E-state index in [1.54, 1.807) is 6.92 Å². The number of aliphatic hydroxyl groups excluding tert-OH is 2. The molecule has 5 heteroatoms. The maximum atomic E-state index is 11.3. The lowest BCUT2D eigenvalue weighted by Crippen LogP contribution is -2.42. The molecule has 0 unspecified atom stereocenters. The van der Waals surface area contributed by atoms with Gasteiger partial charge in [0.1, 0.15) is 6.61 Å². The standard InChI is InChI=1S/C12H17NO4/c1-9(11(15)7-14)13-12(16)17-8-10-5-3-2-4-6-10/h2-6,9,11,14-15H,7-8H2,1H3,(H,13,16)/t9-,11-/m1/s1. The van der Waals surface area contributed by atoms with Crippen LogP contribution in [-0.4, -0.2) is 35.1 Å². The number of rotatable bonds is 5. The predicted molar refractivity (Wildman–Crippen MR) is 62.3 cm³/mol. The maximum absolute atomic E-state index is 11.3. The fourth-order valence-corrected chi connectivity index (χ4v) is 1.20. The lowest BCUT2D eigenvalue weighted by Gasteiger charge is -2.17. The van der Waals surface area contributed by atoms with E-state index < -0.39 is 24.8 Å². The van der Waals surface area contributed by atoms with Crippen molar-refractivity contribution in [2.75, 3.05) is 6.61 Å². The molecular weight excluding hydrogens is 222 g/mol. The number of benzene rings is 1. The zero-order valence-corrected chi connectivity index (χ0v) is 9.67. The van der Waals surface area contributed by atoms with Crippen molar-refractivity contribution in [3.05, 3.63) is 35.9 Å². The molecule has 2 atom stereocenters. The number of hydrogen-bond acceptors (Lipinski definition) is 4. The summed E-state index contributed by atoms with van der Waals surface area (Å²) in [5.74, 6) is 0. The summed E-state index contributed by atoms with van der Waals surface area (Å²) in [4.78, 5) is 11.3. The average Bonchev–Trinajstić information content (AvgIpc) is 2.36.